The van der Waals surface area contributed by atoms with Crippen molar-refractivity contribution < 1.29 is 14.6 Å². The van der Waals surface area contributed by atoms with Gasteiger partial charge in [0.25, 0.3) is 0 Å². The van der Waals surface area contributed by atoms with Crippen molar-refractivity contribution in [2.75, 3.05) is 7.11 Å². The Morgan fingerprint density at radius 2 is 1.71 bits per heavy atom. The second kappa shape index (κ2) is 7.45. The van der Waals surface area contributed by atoms with E-state index in [1.54, 1.807) is 7.11 Å². The third kappa shape index (κ3) is 4.61. The van der Waals surface area contributed by atoms with Gasteiger partial charge >= 0.3 is 5.97 Å². The predicted octanol–water partition coefficient (Wildman–Crippen LogP) is 2.61. The highest BCUT2D eigenvalue weighted by atomic mass is 16.5. The van der Waals surface area contributed by atoms with Gasteiger partial charge in [-0.2, -0.15) is 0 Å². The van der Waals surface area contributed by atoms with E-state index in [0.717, 1.165) is 29.0 Å². The maximum Gasteiger partial charge on any atom is 0.307 e. The Morgan fingerprint density at radius 1 is 1.05 bits per heavy atom. The van der Waals surface area contributed by atoms with Gasteiger partial charge in [-0.25, -0.2) is 0 Å². The lowest BCUT2D eigenvalue weighted by Crippen LogP contribution is -2.15. The minimum absolute atomic E-state index is 0.0559. The van der Waals surface area contributed by atoms with Crippen molar-refractivity contribution in [1.82, 2.24) is 5.32 Å². The van der Waals surface area contributed by atoms with E-state index in [1.165, 1.54) is 0 Å². The first-order chi connectivity index (χ1) is 10.2. The molecule has 0 aliphatic heterocycles. The van der Waals surface area contributed by atoms with Crippen molar-refractivity contribution in [2.24, 2.45) is 0 Å². The summed E-state index contributed by atoms with van der Waals surface area (Å²) in [5.41, 5.74) is 3.03. The fraction of sp³-hybridized carbons (Fsp3) is 0.235. The van der Waals surface area contributed by atoms with Crippen molar-refractivity contribution in [3.63, 3.8) is 0 Å². The number of carboxylic acid groups (broad SMARTS) is 1. The van der Waals surface area contributed by atoms with Crippen LogP contribution in [0.15, 0.2) is 48.5 Å². The van der Waals surface area contributed by atoms with Gasteiger partial charge in [-0.1, -0.05) is 36.4 Å². The first-order valence-corrected chi connectivity index (χ1v) is 6.81. The molecular weight excluding hydrogens is 266 g/mol. The largest absolute Gasteiger partial charge is 0.497 e. The lowest BCUT2D eigenvalue weighted by atomic mass is 10.0. The summed E-state index contributed by atoms with van der Waals surface area (Å²) in [5, 5.41) is 12.2. The minimum atomic E-state index is -0.808. The van der Waals surface area contributed by atoms with Crippen LogP contribution in [0.1, 0.15) is 16.7 Å². The molecule has 110 valence electrons. The molecule has 21 heavy (non-hydrogen) atoms. The van der Waals surface area contributed by atoms with Gasteiger partial charge in [-0.3, -0.25) is 4.79 Å². The van der Waals surface area contributed by atoms with Crippen LogP contribution in [-0.2, 0) is 24.3 Å². The van der Waals surface area contributed by atoms with Crippen LogP contribution in [0.3, 0.4) is 0 Å². The molecule has 4 nitrogen and oxygen atoms in total. The summed E-state index contributed by atoms with van der Waals surface area (Å²) in [6.07, 6.45) is 0.0559. The molecule has 0 heterocycles. The summed E-state index contributed by atoms with van der Waals surface area (Å²) in [4.78, 5) is 10.8. The Kier molecular flexibility index (Phi) is 5.35. The molecule has 0 bridgehead atoms. The Hall–Kier alpha value is -2.33. The van der Waals surface area contributed by atoms with Gasteiger partial charge in [0.1, 0.15) is 5.75 Å². The summed E-state index contributed by atoms with van der Waals surface area (Å²) >= 11 is 0. The molecule has 2 N–H and O–H groups in total. The van der Waals surface area contributed by atoms with Gasteiger partial charge in [0.05, 0.1) is 13.5 Å². The Labute approximate surface area is 124 Å². The van der Waals surface area contributed by atoms with Crippen LogP contribution in [0.4, 0.5) is 0 Å². The molecule has 0 saturated heterocycles. The van der Waals surface area contributed by atoms with Crippen LogP contribution in [0.25, 0.3) is 0 Å². The van der Waals surface area contributed by atoms with E-state index in [2.05, 4.69) is 5.32 Å². The van der Waals surface area contributed by atoms with Crippen LogP contribution in [0, 0.1) is 0 Å². The number of methoxy groups -OCH3 is 1. The quantitative estimate of drug-likeness (QED) is 0.821. The van der Waals surface area contributed by atoms with Crippen LogP contribution in [0.2, 0.25) is 0 Å². The standard InChI is InChI=1S/C17H19NO3/c1-21-16-8-6-13(7-9-16)11-18-12-15-5-3-2-4-14(15)10-17(19)20/h2-9,18H,10-12H2,1H3,(H,19,20). The van der Waals surface area contributed by atoms with Gasteiger partial charge in [-0.05, 0) is 28.8 Å². The van der Waals surface area contributed by atoms with Crippen molar-refractivity contribution in [3.05, 3.63) is 65.2 Å². The van der Waals surface area contributed by atoms with E-state index < -0.39 is 5.97 Å². The first-order valence-electron chi connectivity index (χ1n) is 6.81. The molecule has 2 rings (SSSR count). The molecule has 2 aromatic carbocycles. The third-order valence-corrected chi connectivity index (χ3v) is 3.26. The molecular formula is C17H19NO3. The van der Waals surface area contributed by atoms with E-state index in [-0.39, 0.29) is 6.42 Å². The number of carbonyl (C=O) groups is 1. The summed E-state index contributed by atoms with van der Waals surface area (Å²) in [5.74, 6) is 0.0307. The predicted molar refractivity (Wildman–Crippen MR) is 81.3 cm³/mol. The molecule has 0 amide bonds. The lowest BCUT2D eigenvalue weighted by molar-refractivity contribution is -0.136. The average molecular weight is 285 g/mol. The van der Waals surface area contributed by atoms with Gasteiger partial charge < -0.3 is 15.2 Å². The molecule has 0 aliphatic carbocycles. The fourth-order valence-corrected chi connectivity index (χ4v) is 2.15. The Balaban J connectivity index is 1.92. The summed E-state index contributed by atoms with van der Waals surface area (Å²) in [6, 6.07) is 15.5. The van der Waals surface area contributed by atoms with Gasteiger partial charge in [0.2, 0.25) is 0 Å². The second-order valence-corrected chi connectivity index (χ2v) is 4.79. The van der Waals surface area contributed by atoms with E-state index >= 15 is 0 Å². The van der Waals surface area contributed by atoms with Crippen LogP contribution in [-0.4, -0.2) is 18.2 Å². The topological polar surface area (TPSA) is 58.6 Å². The van der Waals surface area contributed by atoms with E-state index in [0.29, 0.717) is 6.54 Å². The lowest BCUT2D eigenvalue weighted by Gasteiger charge is -2.09. The van der Waals surface area contributed by atoms with E-state index in [9.17, 15) is 4.79 Å². The van der Waals surface area contributed by atoms with Crippen LogP contribution in [0.5, 0.6) is 5.75 Å². The molecule has 0 atom stereocenters. The highest BCUT2D eigenvalue weighted by molar-refractivity contribution is 5.70. The maximum atomic E-state index is 10.8. The normalized spacial score (nSPS) is 10.3. The Bertz CT molecular complexity index is 593. The SMILES string of the molecule is COc1ccc(CNCc2ccccc2CC(=O)O)cc1. The molecule has 0 fully saturated rings. The number of hydrogen-bond donors (Lipinski definition) is 2. The highest BCUT2D eigenvalue weighted by Gasteiger charge is 2.05. The fourth-order valence-electron chi connectivity index (χ4n) is 2.15. The molecule has 0 saturated carbocycles. The molecule has 0 radical (unpaired) electrons. The van der Waals surface area contributed by atoms with Gasteiger partial charge in [0.15, 0.2) is 0 Å². The number of benzene rings is 2. The molecule has 0 spiro atoms. The summed E-state index contributed by atoms with van der Waals surface area (Å²) in [6.45, 7) is 1.38. The van der Waals surface area contributed by atoms with Crippen LogP contribution >= 0.6 is 0 Å². The number of rotatable bonds is 7. The molecule has 0 unspecified atom stereocenters. The number of aliphatic carboxylic acids is 1. The molecule has 2 aromatic rings. The van der Waals surface area contributed by atoms with E-state index in [1.807, 2.05) is 48.5 Å². The monoisotopic (exact) mass is 285 g/mol. The number of carboxylic acids is 1. The smallest absolute Gasteiger partial charge is 0.307 e. The van der Waals surface area contributed by atoms with Crippen LogP contribution < -0.4 is 10.1 Å². The van der Waals surface area contributed by atoms with Crippen molar-refractivity contribution >= 4 is 5.97 Å². The van der Waals surface area contributed by atoms with Gasteiger partial charge in [-0.15, -0.1) is 0 Å². The Morgan fingerprint density at radius 3 is 2.33 bits per heavy atom. The summed E-state index contributed by atoms with van der Waals surface area (Å²) in [7, 11) is 1.65. The average Bonchev–Trinajstić information content (AvgIpc) is 2.49. The molecule has 0 aliphatic rings. The number of nitrogens with one attached hydrogen (secondary N) is 1. The number of hydrogen-bond acceptors (Lipinski definition) is 3. The summed E-state index contributed by atoms with van der Waals surface area (Å²) < 4.78 is 5.12. The van der Waals surface area contributed by atoms with Crippen molar-refractivity contribution in [2.45, 2.75) is 19.5 Å². The third-order valence-electron chi connectivity index (χ3n) is 3.26. The number of ether oxygens (including phenoxy) is 1. The molecule has 0 aromatic heterocycles. The van der Waals surface area contributed by atoms with E-state index in [4.69, 9.17) is 9.84 Å². The first kappa shape index (κ1) is 15.1. The zero-order valence-corrected chi connectivity index (χ0v) is 12.0. The zero-order valence-electron chi connectivity index (χ0n) is 12.0. The highest BCUT2D eigenvalue weighted by Crippen LogP contribution is 2.12. The van der Waals surface area contributed by atoms with Gasteiger partial charge in [0, 0.05) is 13.1 Å². The zero-order chi connectivity index (χ0) is 15.1. The van der Waals surface area contributed by atoms with Crippen molar-refractivity contribution in [1.29, 1.82) is 0 Å². The van der Waals surface area contributed by atoms with Crippen molar-refractivity contribution in [3.8, 4) is 5.75 Å². The maximum absolute atomic E-state index is 10.8. The second-order valence-electron chi connectivity index (χ2n) is 4.79. The minimum Gasteiger partial charge on any atom is -0.497 e. The molecule has 4 heteroatoms.